The second-order valence-corrected chi connectivity index (χ2v) is 7.04. The normalized spacial score (nSPS) is 13.6. The van der Waals surface area contributed by atoms with Gasteiger partial charge in [0.15, 0.2) is 11.4 Å². The summed E-state index contributed by atoms with van der Waals surface area (Å²) >= 11 is 0. The molecule has 1 amide bonds. The molecule has 1 aliphatic rings. The lowest BCUT2D eigenvalue weighted by molar-refractivity contribution is 0.0647. The van der Waals surface area contributed by atoms with Crippen LogP contribution in [0.5, 0.6) is 0 Å². The van der Waals surface area contributed by atoms with Gasteiger partial charge in [0.2, 0.25) is 5.95 Å². The molecule has 0 unspecified atom stereocenters. The van der Waals surface area contributed by atoms with E-state index in [2.05, 4.69) is 15.2 Å². The van der Waals surface area contributed by atoms with E-state index in [1.54, 1.807) is 22.7 Å². The first-order valence-electron chi connectivity index (χ1n) is 9.39. The summed E-state index contributed by atoms with van der Waals surface area (Å²) in [6.07, 6.45) is 4.46. The molecule has 1 fully saturated rings. The van der Waals surface area contributed by atoms with Crippen molar-refractivity contribution in [1.29, 1.82) is 0 Å². The van der Waals surface area contributed by atoms with Gasteiger partial charge in [-0.25, -0.2) is 4.52 Å². The Morgan fingerprint density at radius 1 is 1.29 bits per heavy atom. The summed E-state index contributed by atoms with van der Waals surface area (Å²) in [6.45, 7) is 4.30. The summed E-state index contributed by atoms with van der Waals surface area (Å²) < 4.78 is 3.18. The maximum Gasteiger partial charge on any atom is 0.257 e. The number of anilines is 1. The number of carbonyl (C=O) groups excluding carboxylic acids is 2. The number of nitrogens with zero attached hydrogens (tertiary/aromatic N) is 7. The van der Waals surface area contributed by atoms with E-state index in [-0.39, 0.29) is 18.1 Å². The van der Waals surface area contributed by atoms with E-state index in [4.69, 9.17) is 0 Å². The summed E-state index contributed by atoms with van der Waals surface area (Å²) in [4.78, 5) is 33.7. The topological polar surface area (TPSA) is 88.6 Å². The number of rotatable bonds is 6. The SMILES string of the molecule is CCN(C)c1nc2cc(CC(=O)c3c(C(=O)N4CCC4)cnn3C)ccn2n1. The quantitative estimate of drug-likeness (QED) is 0.596. The predicted octanol–water partition coefficient (Wildman–Crippen LogP) is 1.19. The highest BCUT2D eigenvalue weighted by Gasteiger charge is 2.28. The second kappa shape index (κ2) is 7.06. The van der Waals surface area contributed by atoms with Crippen molar-refractivity contribution in [2.45, 2.75) is 19.8 Å². The van der Waals surface area contributed by atoms with E-state index in [0.29, 0.717) is 22.9 Å². The molecule has 0 aliphatic carbocycles. The minimum Gasteiger partial charge on any atom is -0.343 e. The first-order chi connectivity index (χ1) is 13.5. The van der Waals surface area contributed by atoms with Crippen LogP contribution in [-0.4, -0.2) is 67.7 Å². The molecular formula is C19H23N7O2. The minimum absolute atomic E-state index is 0.122. The van der Waals surface area contributed by atoms with Crippen molar-refractivity contribution in [3.63, 3.8) is 0 Å². The fourth-order valence-electron chi connectivity index (χ4n) is 3.21. The largest absolute Gasteiger partial charge is 0.343 e. The first kappa shape index (κ1) is 18.1. The molecule has 1 aliphatic heterocycles. The molecular weight excluding hydrogens is 358 g/mol. The van der Waals surface area contributed by atoms with Crippen LogP contribution in [0.4, 0.5) is 5.95 Å². The zero-order chi connectivity index (χ0) is 19.8. The van der Waals surface area contributed by atoms with Gasteiger partial charge in [0, 0.05) is 46.3 Å². The predicted molar refractivity (Wildman–Crippen MR) is 104 cm³/mol. The molecule has 146 valence electrons. The molecule has 0 saturated carbocycles. The number of hydrogen-bond acceptors (Lipinski definition) is 6. The van der Waals surface area contributed by atoms with Crippen LogP contribution >= 0.6 is 0 Å². The van der Waals surface area contributed by atoms with Gasteiger partial charge in [-0.3, -0.25) is 14.3 Å². The molecule has 3 aromatic heterocycles. The fraction of sp³-hybridized carbons (Fsp3) is 0.421. The number of likely N-dealkylation sites (tertiary alicyclic amines) is 1. The van der Waals surface area contributed by atoms with Crippen LogP contribution in [0.3, 0.4) is 0 Å². The molecule has 0 bridgehead atoms. The fourth-order valence-corrected chi connectivity index (χ4v) is 3.21. The van der Waals surface area contributed by atoms with Gasteiger partial charge >= 0.3 is 0 Å². The van der Waals surface area contributed by atoms with Gasteiger partial charge in [-0.2, -0.15) is 10.1 Å². The Bertz CT molecular complexity index is 1050. The van der Waals surface area contributed by atoms with Gasteiger partial charge in [0.25, 0.3) is 5.91 Å². The van der Waals surface area contributed by atoms with Gasteiger partial charge in [0.1, 0.15) is 5.69 Å². The molecule has 4 heterocycles. The van der Waals surface area contributed by atoms with E-state index in [1.165, 1.54) is 10.9 Å². The highest BCUT2D eigenvalue weighted by molar-refractivity contribution is 6.07. The number of amides is 1. The van der Waals surface area contributed by atoms with Crippen LogP contribution in [0.1, 0.15) is 39.8 Å². The molecule has 4 rings (SSSR count). The van der Waals surface area contributed by atoms with Crippen LogP contribution in [0.2, 0.25) is 0 Å². The summed E-state index contributed by atoms with van der Waals surface area (Å²) in [5, 5.41) is 8.56. The Labute approximate surface area is 162 Å². The summed E-state index contributed by atoms with van der Waals surface area (Å²) in [7, 11) is 3.62. The maximum absolute atomic E-state index is 13.0. The molecule has 1 saturated heterocycles. The van der Waals surface area contributed by atoms with Gasteiger partial charge in [-0.15, -0.1) is 5.10 Å². The van der Waals surface area contributed by atoms with E-state index in [9.17, 15) is 9.59 Å². The highest BCUT2D eigenvalue weighted by atomic mass is 16.2. The minimum atomic E-state index is -0.140. The first-order valence-corrected chi connectivity index (χ1v) is 9.39. The third kappa shape index (κ3) is 3.12. The van der Waals surface area contributed by atoms with E-state index in [0.717, 1.165) is 31.6 Å². The number of carbonyl (C=O) groups is 2. The molecule has 0 atom stereocenters. The molecule has 0 radical (unpaired) electrons. The Morgan fingerprint density at radius 2 is 2.07 bits per heavy atom. The number of aromatic nitrogens is 5. The summed E-state index contributed by atoms with van der Waals surface area (Å²) in [5.41, 5.74) is 2.23. The van der Waals surface area contributed by atoms with Crippen molar-refractivity contribution in [2.75, 3.05) is 31.6 Å². The third-order valence-corrected chi connectivity index (χ3v) is 5.15. The molecule has 28 heavy (non-hydrogen) atoms. The van der Waals surface area contributed by atoms with Crippen molar-refractivity contribution >= 4 is 23.3 Å². The number of pyridine rings is 1. The smallest absolute Gasteiger partial charge is 0.257 e. The zero-order valence-electron chi connectivity index (χ0n) is 16.3. The molecule has 0 N–H and O–H groups in total. The highest BCUT2D eigenvalue weighted by Crippen LogP contribution is 2.18. The second-order valence-electron chi connectivity index (χ2n) is 7.04. The van der Waals surface area contributed by atoms with Crippen molar-refractivity contribution < 1.29 is 9.59 Å². The van der Waals surface area contributed by atoms with E-state index in [1.807, 2.05) is 31.0 Å². The van der Waals surface area contributed by atoms with E-state index >= 15 is 0 Å². The monoisotopic (exact) mass is 381 g/mol. The Morgan fingerprint density at radius 3 is 2.75 bits per heavy atom. The van der Waals surface area contributed by atoms with Gasteiger partial charge in [-0.05, 0) is 31.0 Å². The zero-order valence-corrected chi connectivity index (χ0v) is 16.3. The Kier molecular flexibility index (Phi) is 4.58. The molecule has 3 aromatic rings. The van der Waals surface area contributed by atoms with Crippen LogP contribution < -0.4 is 4.90 Å². The van der Waals surface area contributed by atoms with E-state index < -0.39 is 0 Å². The standard InChI is InChI=1S/C19H23N7O2/c1-4-23(2)19-21-16-11-13(6-9-26(16)22-19)10-15(27)17-14(12-20-24(17)3)18(28)25-7-5-8-25/h6,9,11-12H,4-5,7-8,10H2,1-3H3. The number of ketones is 1. The third-order valence-electron chi connectivity index (χ3n) is 5.15. The molecule has 0 spiro atoms. The van der Waals surface area contributed by atoms with Crippen LogP contribution in [0, 0.1) is 0 Å². The lowest BCUT2D eigenvalue weighted by Crippen LogP contribution is -2.42. The van der Waals surface area contributed by atoms with Gasteiger partial charge in [0.05, 0.1) is 11.8 Å². The van der Waals surface area contributed by atoms with Crippen molar-refractivity contribution in [3.8, 4) is 0 Å². The molecule has 9 heteroatoms. The lowest BCUT2D eigenvalue weighted by Gasteiger charge is -2.30. The van der Waals surface area contributed by atoms with Crippen molar-refractivity contribution in [2.24, 2.45) is 7.05 Å². The maximum atomic E-state index is 13.0. The Balaban J connectivity index is 1.58. The van der Waals surface area contributed by atoms with Crippen LogP contribution in [0.15, 0.2) is 24.5 Å². The average Bonchev–Trinajstić information content (AvgIpc) is 3.22. The molecule has 9 nitrogen and oxygen atoms in total. The lowest BCUT2D eigenvalue weighted by atomic mass is 10.0. The number of Topliss-reactive ketones (excluding diaryl/α,β-unsaturated/α-hetero) is 1. The summed E-state index contributed by atoms with van der Waals surface area (Å²) in [5.74, 6) is 0.376. The molecule has 0 aromatic carbocycles. The summed E-state index contributed by atoms with van der Waals surface area (Å²) in [6, 6.07) is 3.70. The average molecular weight is 381 g/mol. The van der Waals surface area contributed by atoms with Crippen molar-refractivity contribution in [1.82, 2.24) is 29.3 Å². The van der Waals surface area contributed by atoms with Crippen LogP contribution in [0.25, 0.3) is 5.65 Å². The van der Waals surface area contributed by atoms with Gasteiger partial charge < -0.3 is 9.80 Å². The number of hydrogen-bond donors (Lipinski definition) is 0. The van der Waals surface area contributed by atoms with Crippen molar-refractivity contribution in [3.05, 3.63) is 41.3 Å². The van der Waals surface area contributed by atoms with Crippen LogP contribution in [-0.2, 0) is 13.5 Å². The van der Waals surface area contributed by atoms with Gasteiger partial charge in [-0.1, -0.05) is 0 Å². The number of aryl methyl sites for hydroxylation is 1. The Hall–Kier alpha value is -3.23. The number of fused-ring (bicyclic) bond motifs is 1.